The van der Waals surface area contributed by atoms with Crippen LogP contribution in [0.4, 0.5) is 0 Å². The zero-order valence-corrected chi connectivity index (χ0v) is 33.9. The van der Waals surface area contributed by atoms with E-state index in [2.05, 4.69) is 15.5 Å². The van der Waals surface area contributed by atoms with Gasteiger partial charge in [-0.15, -0.1) is 5.10 Å². The minimum absolute atomic E-state index is 0.0284. The monoisotopic (exact) mass is 805 g/mol. The third-order valence-corrected chi connectivity index (χ3v) is 8.76. The summed E-state index contributed by atoms with van der Waals surface area (Å²) < 4.78 is 39.5. The molecule has 1 saturated heterocycles. The molecule has 16 nitrogen and oxygen atoms in total. The van der Waals surface area contributed by atoms with Crippen LogP contribution in [0.25, 0.3) is 6.08 Å². The molecule has 1 aromatic heterocycles. The lowest BCUT2D eigenvalue weighted by Crippen LogP contribution is -2.63. The van der Waals surface area contributed by atoms with Crippen LogP contribution in [0.3, 0.4) is 0 Å². The number of carbonyl (C=O) groups is 6. The standard InChI is InChI=1S/C42H51N3O13/c1-24(2)35-32(21-30-19-17-29(18-20-30)15-12-16-34(50)43-42(7,8)41(51)53-22-31-13-10-9-11-14-31)39(45-44-35)58-40-38(56-28(6)49)37(55-27(5)48)36(54-26(4)47)33(57-40)23-52-25(3)46/h9-15,17-20,24,33,36-38,40H,16,21-23H2,1-8H3,(H,43,50)(H,44,45)/b15-12+/t33-,36+,37+,38-,40+/m1/s1. The number of nitrogens with zero attached hydrogens (tertiary/aromatic N) is 1. The van der Waals surface area contributed by atoms with Gasteiger partial charge < -0.3 is 38.5 Å². The van der Waals surface area contributed by atoms with E-state index < -0.39 is 72.7 Å². The van der Waals surface area contributed by atoms with Crippen LogP contribution in [0.5, 0.6) is 5.88 Å². The van der Waals surface area contributed by atoms with Gasteiger partial charge in [0.2, 0.25) is 24.2 Å². The Hall–Kier alpha value is -6.03. The number of hydrogen-bond donors (Lipinski definition) is 2. The maximum absolute atomic E-state index is 12.7. The maximum atomic E-state index is 12.7. The summed E-state index contributed by atoms with van der Waals surface area (Å²) in [6.45, 7) is 11.4. The van der Waals surface area contributed by atoms with E-state index in [0.29, 0.717) is 12.0 Å². The number of nitrogens with one attached hydrogen (secondary N) is 2. The Kier molecular flexibility index (Phi) is 15.7. The number of hydrogen-bond acceptors (Lipinski definition) is 14. The van der Waals surface area contributed by atoms with Gasteiger partial charge in [-0.1, -0.05) is 80.6 Å². The number of amides is 1. The van der Waals surface area contributed by atoms with E-state index in [1.54, 1.807) is 26.0 Å². The van der Waals surface area contributed by atoms with Crippen molar-refractivity contribution in [3.05, 3.63) is 88.6 Å². The van der Waals surface area contributed by atoms with E-state index >= 15 is 0 Å². The molecule has 1 aliphatic heterocycles. The second-order valence-corrected chi connectivity index (χ2v) is 14.5. The van der Waals surface area contributed by atoms with Crippen LogP contribution in [0.1, 0.15) is 95.7 Å². The highest BCUT2D eigenvalue weighted by atomic mass is 16.7. The molecule has 5 atom stereocenters. The predicted octanol–water partition coefficient (Wildman–Crippen LogP) is 4.63. The molecule has 3 aromatic rings. The van der Waals surface area contributed by atoms with Gasteiger partial charge in [-0.25, -0.2) is 4.79 Å². The molecule has 1 amide bonds. The largest absolute Gasteiger partial charge is 0.463 e. The summed E-state index contributed by atoms with van der Waals surface area (Å²) in [5.74, 6) is -3.74. The molecule has 4 rings (SSSR count). The number of ether oxygens (including phenoxy) is 7. The van der Waals surface area contributed by atoms with Crippen molar-refractivity contribution in [2.75, 3.05) is 6.61 Å². The molecular formula is C42H51N3O13. The van der Waals surface area contributed by atoms with Crippen LogP contribution in [0.2, 0.25) is 0 Å². The Morgan fingerprint density at radius 3 is 2.03 bits per heavy atom. The Morgan fingerprint density at radius 1 is 0.810 bits per heavy atom. The normalized spacial score (nSPS) is 19.2. The van der Waals surface area contributed by atoms with Crippen molar-refractivity contribution >= 4 is 41.8 Å². The molecule has 0 aliphatic carbocycles. The van der Waals surface area contributed by atoms with Gasteiger partial charge in [0.05, 0.1) is 0 Å². The highest BCUT2D eigenvalue weighted by Gasteiger charge is 2.53. The zero-order chi connectivity index (χ0) is 42.6. The SMILES string of the molecule is CC(=O)OC[C@H]1O[C@@H](Oc2n[nH]c(C(C)C)c2Cc2ccc(/C=C/CC(=O)NC(C)(C)C(=O)OCc3ccccc3)cc2)[C@H](OC(C)=O)[C@@H](OC(C)=O)[C@H]1OC(C)=O. The van der Waals surface area contributed by atoms with Crippen molar-refractivity contribution in [2.24, 2.45) is 0 Å². The minimum atomic E-state index is -1.46. The van der Waals surface area contributed by atoms with E-state index in [-0.39, 0.29) is 30.7 Å². The van der Waals surface area contributed by atoms with Crippen LogP contribution in [0, 0.1) is 0 Å². The summed E-state index contributed by atoms with van der Waals surface area (Å²) in [7, 11) is 0. The van der Waals surface area contributed by atoms with Gasteiger partial charge in [-0.2, -0.15) is 0 Å². The lowest BCUT2D eigenvalue weighted by Gasteiger charge is -2.43. The fourth-order valence-corrected chi connectivity index (χ4v) is 6.11. The van der Waals surface area contributed by atoms with Crippen molar-refractivity contribution in [1.82, 2.24) is 15.5 Å². The number of H-pyrrole nitrogens is 1. The quantitative estimate of drug-likeness (QED) is 0.141. The molecular weight excluding hydrogens is 754 g/mol. The summed E-state index contributed by atoms with van der Waals surface area (Å²) in [4.78, 5) is 73.8. The van der Waals surface area contributed by atoms with Gasteiger partial charge in [0.25, 0.3) is 0 Å². The first kappa shape index (κ1) is 44.7. The number of aromatic amines is 1. The highest BCUT2D eigenvalue weighted by Crippen LogP contribution is 2.34. The van der Waals surface area contributed by atoms with Crippen LogP contribution in [-0.2, 0) is 70.2 Å². The van der Waals surface area contributed by atoms with E-state index in [4.69, 9.17) is 33.2 Å². The van der Waals surface area contributed by atoms with E-state index in [0.717, 1.165) is 43.2 Å². The molecule has 312 valence electrons. The van der Waals surface area contributed by atoms with Gasteiger partial charge >= 0.3 is 29.8 Å². The van der Waals surface area contributed by atoms with Gasteiger partial charge in [0.1, 0.15) is 24.9 Å². The number of aromatic nitrogens is 2. The van der Waals surface area contributed by atoms with Gasteiger partial charge in [-0.3, -0.25) is 29.1 Å². The third-order valence-electron chi connectivity index (χ3n) is 8.76. The van der Waals surface area contributed by atoms with Crippen LogP contribution in [-0.4, -0.2) is 88.8 Å². The summed E-state index contributed by atoms with van der Waals surface area (Å²) in [5, 5.41) is 10.1. The molecule has 16 heteroatoms. The first-order valence-corrected chi connectivity index (χ1v) is 18.7. The fraction of sp³-hybridized carbons (Fsp3) is 0.452. The van der Waals surface area contributed by atoms with E-state index in [9.17, 15) is 28.8 Å². The van der Waals surface area contributed by atoms with Gasteiger partial charge in [0, 0.05) is 51.8 Å². The maximum Gasteiger partial charge on any atom is 0.331 e. The van der Waals surface area contributed by atoms with E-state index in [1.807, 2.05) is 68.4 Å². The highest BCUT2D eigenvalue weighted by molar-refractivity contribution is 5.88. The lowest BCUT2D eigenvalue weighted by molar-refractivity contribution is -0.289. The molecule has 58 heavy (non-hydrogen) atoms. The zero-order valence-electron chi connectivity index (χ0n) is 33.9. The van der Waals surface area contributed by atoms with E-state index in [1.165, 1.54) is 6.92 Å². The van der Waals surface area contributed by atoms with Gasteiger partial charge in [-0.05, 0) is 36.5 Å². The Balaban J connectivity index is 1.48. The molecule has 2 aromatic carbocycles. The second kappa shape index (κ2) is 20.4. The average molecular weight is 806 g/mol. The van der Waals surface area contributed by atoms with Crippen LogP contribution < -0.4 is 10.1 Å². The van der Waals surface area contributed by atoms with Gasteiger partial charge in [0.15, 0.2) is 12.2 Å². The molecule has 0 unspecified atom stereocenters. The fourth-order valence-electron chi connectivity index (χ4n) is 6.11. The molecule has 0 radical (unpaired) electrons. The van der Waals surface area contributed by atoms with Crippen LogP contribution >= 0.6 is 0 Å². The second-order valence-electron chi connectivity index (χ2n) is 14.5. The molecule has 0 spiro atoms. The first-order chi connectivity index (χ1) is 27.4. The Bertz CT molecular complexity index is 1940. The number of benzene rings is 2. The number of rotatable bonds is 17. The van der Waals surface area contributed by atoms with Crippen LogP contribution in [0.15, 0.2) is 60.7 Å². The number of esters is 5. The topological polar surface area (TPSA) is 208 Å². The molecule has 2 heterocycles. The minimum Gasteiger partial charge on any atom is -0.463 e. The third kappa shape index (κ3) is 13.0. The molecule has 2 N–H and O–H groups in total. The summed E-state index contributed by atoms with van der Waals surface area (Å²) >= 11 is 0. The van der Waals surface area contributed by atoms with Crippen molar-refractivity contribution in [3.63, 3.8) is 0 Å². The van der Waals surface area contributed by atoms with Crippen molar-refractivity contribution in [3.8, 4) is 5.88 Å². The molecule has 1 fully saturated rings. The molecule has 0 saturated carbocycles. The Morgan fingerprint density at radius 2 is 1.43 bits per heavy atom. The summed E-state index contributed by atoms with van der Waals surface area (Å²) in [6.07, 6.45) is -2.97. The van der Waals surface area contributed by atoms with Crippen molar-refractivity contribution in [2.45, 2.75) is 117 Å². The average Bonchev–Trinajstić information content (AvgIpc) is 3.54. The smallest absolute Gasteiger partial charge is 0.331 e. The lowest BCUT2D eigenvalue weighted by atomic mass is 9.97. The summed E-state index contributed by atoms with van der Waals surface area (Å²) in [6, 6.07) is 16.8. The number of carbonyl (C=O) groups excluding carboxylic acids is 6. The molecule has 1 aliphatic rings. The summed E-state index contributed by atoms with van der Waals surface area (Å²) in [5.41, 5.74) is 2.73. The molecule has 0 bridgehead atoms. The first-order valence-electron chi connectivity index (χ1n) is 18.7. The van der Waals surface area contributed by atoms with Crippen molar-refractivity contribution < 1.29 is 61.9 Å². The predicted molar refractivity (Wildman–Crippen MR) is 207 cm³/mol. The van der Waals surface area contributed by atoms with Crippen molar-refractivity contribution in [1.29, 1.82) is 0 Å². The Labute approximate surface area is 336 Å².